The van der Waals surface area contributed by atoms with E-state index in [1.165, 1.54) is 12.3 Å². The van der Waals surface area contributed by atoms with Crippen molar-refractivity contribution in [1.29, 1.82) is 0 Å². The van der Waals surface area contributed by atoms with Crippen molar-refractivity contribution in [3.63, 3.8) is 0 Å². The lowest BCUT2D eigenvalue weighted by Crippen LogP contribution is -2.44. The summed E-state index contributed by atoms with van der Waals surface area (Å²) in [6.07, 6.45) is 4.61. The molecule has 0 unspecified atom stereocenters. The number of aromatic amines is 1. The minimum absolute atomic E-state index is 0.0451. The quantitative estimate of drug-likeness (QED) is 0.910. The average molecular weight is 343 g/mol. The van der Waals surface area contributed by atoms with Gasteiger partial charge in [-0.2, -0.15) is 11.8 Å². The number of amides is 1. The molecule has 1 aromatic heterocycles. The number of hydrogen-bond donors (Lipinski definition) is 1. The lowest BCUT2D eigenvalue weighted by Gasteiger charge is -2.30. The highest BCUT2D eigenvalue weighted by molar-refractivity contribution is 7.99. The molecular formula is C15H19ClN2O3S. The van der Waals surface area contributed by atoms with Gasteiger partial charge in [-0.15, -0.1) is 0 Å². The standard InChI is InChI=1S/C15H19ClN2O3S/c16-13-6-10(7-17-14(13)19)15(20)18(11-3-5-22-9-11)8-12-2-1-4-21-12/h6-7,11-12H,1-5,8-9H2,(H,17,19)/t11-,12-/m0/s1. The minimum atomic E-state index is -0.375. The van der Waals surface area contributed by atoms with Crippen LogP contribution in [0, 0.1) is 0 Å². The molecule has 0 radical (unpaired) electrons. The summed E-state index contributed by atoms with van der Waals surface area (Å²) in [5.74, 6) is 1.95. The third-order valence-corrected chi connectivity index (χ3v) is 5.56. The molecule has 0 bridgehead atoms. The Morgan fingerprint density at radius 3 is 3.00 bits per heavy atom. The number of carbonyl (C=O) groups is 1. The first kappa shape index (κ1) is 15.9. The van der Waals surface area contributed by atoms with E-state index < -0.39 is 0 Å². The van der Waals surface area contributed by atoms with Gasteiger partial charge in [0, 0.05) is 31.1 Å². The average Bonchev–Trinajstić information content (AvgIpc) is 3.20. The molecule has 22 heavy (non-hydrogen) atoms. The molecular weight excluding hydrogens is 324 g/mol. The van der Waals surface area contributed by atoms with Gasteiger partial charge >= 0.3 is 0 Å². The van der Waals surface area contributed by atoms with E-state index in [4.69, 9.17) is 16.3 Å². The predicted octanol–water partition coefficient (Wildman–Crippen LogP) is 2.16. The third kappa shape index (κ3) is 3.50. The largest absolute Gasteiger partial charge is 0.376 e. The fourth-order valence-electron chi connectivity index (χ4n) is 2.92. The van der Waals surface area contributed by atoms with Crippen LogP contribution in [0.25, 0.3) is 0 Å². The molecule has 0 aliphatic carbocycles. The van der Waals surface area contributed by atoms with E-state index in [1.807, 2.05) is 16.7 Å². The fraction of sp³-hybridized carbons (Fsp3) is 0.600. The Bertz CT molecular complexity index is 595. The van der Waals surface area contributed by atoms with Gasteiger partial charge in [0.2, 0.25) is 0 Å². The van der Waals surface area contributed by atoms with Crippen LogP contribution in [-0.4, -0.2) is 52.6 Å². The summed E-state index contributed by atoms with van der Waals surface area (Å²) in [5, 5.41) is 0.0451. The van der Waals surface area contributed by atoms with Crippen LogP contribution >= 0.6 is 23.4 Å². The highest BCUT2D eigenvalue weighted by Gasteiger charge is 2.31. The summed E-state index contributed by atoms with van der Waals surface area (Å²) in [6, 6.07) is 1.68. The van der Waals surface area contributed by atoms with Gasteiger partial charge in [0.25, 0.3) is 11.5 Å². The molecule has 1 aromatic rings. The first-order chi connectivity index (χ1) is 10.6. The number of nitrogens with zero attached hydrogens (tertiary/aromatic N) is 1. The summed E-state index contributed by atoms with van der Waals surface area (Å²) in [4.78, 5) is 28.6. The number of ether oxygens (including phenoxy) is 1. The number of aromatic nitrogens is 1. The van der Waals surface area contributed by atoms with E-state index in [9.17, 15) is 9.59 Å². The molecule has 120 valence electrons. The Morgan fingerprint density at radius 2 is 2.36 bits per heavy atom. The number of nitrogens with one attached hydrogen (secondary N) is 1. The summed E-state index contributed by atoms with van der Waals surface area (Å²) in [6.45, 7) is 1.39. The van der Waals surface area contributed by atoms with Crippen molar-refractivity contribution in [3.8, 4) is 0 Å². The Kier molecular flexibility index (Phi) is 5.10. The maximum atomic E-state index is 12.9. The van der Waals surface area contributed by atoms with Crippen molar-refractivity contribution in [2.24, 2.45) is 0 Å². The Morgan fingerprint density at radius 1 is 1.50 bits per heavy atom. The van der Waals surface area contributed by atoms with Crippen LogP contribution < -0.4 is 5.56 Å². The van der Waals surface area contributed by atoms with Crippen LogP contribution in [0.3, 0.4) is 0 Å². The molecule has 2 atom stereocenters. The summed E-state index contributed by atoms with van der Waals surface area (Å²) in [5.41, 5.74) is 0.0554. The highest BCUT2D eigenvalue weighted by Crippen LogP contribution is 2.26. The van der Waals surface area contributed by atoms with E-state index in [0.717, 1.165) is 37.4 Å². The van der Waals surface area contributed by atoms with E-state index in [1.54, 1.807) is 0 Å². The molecule has 1 N–H and O–H groups in total. The van der Waals surface area contributed by atoms with Crippen LogP contribution in [-0.2, 0) is 4.74 Å². The van der Waals surface area contributed by atoms with Crippen LogP contribution in [0.1, 0.15) is 29.6 Å². The molecule has 0 aromatic carbocycles. The highest BCUT2D eigenvalue weighted by atomic mass is 35.5. The van der Waals surface area contributed by atoms with Crippen molar-refractivity contribution < 1.29 is 9.53 Å². The minimum Gasteiger partial charge on any atom is -0.376 e. The number of rotatable bonds is 4. The molecule has 0 saturated carbocycles. The van der Waals surface area contributed by atoms with Gasteiger partial charge in [-0.25, -0.2) is 0 Å². The number of halogens is 1. The number of H-pyrrole nitrogens is 1. The zero-order valence-corrected chi connectivity index (χ0v) is 13.8. The van der Waals surface area contributed by atoms with E-state index >= 15 is 0 Å². The SMILES string of the molecule is O=C(c1c[nH]c(=O)c(Cl)c1)N(C[C@@H]1CCCO1)[C@H]1CCSC1. The summed E-state index contributed by atoms with van der Waals surface area (Å²) in [7, 11) is 0. The first-order valence-electron chi connectivity index (χ1n) is 7.53. The van der Waals surface area contributed by atoms with Crippen molar-refractivity contribution in [3.05, 3.63) is 33.2 Å². The molecule has 5 nitrogen and oxygen atoms in total. The maximum absolute atomic E-state index is 12.9. The number of carbonyl (C=O) groups excluding carboxylic acids is 1. The monoisotopic (exact) mass is 342 g/mol. The van der Waals surface area contributed by atoms with Crippen LogP contribution in [0.15, 0.2) is 17.1 Å². The van der Waals surface area contributed by atoms with Gasteiger partial charge in [-0.1, -0.05) is 11.6 Å². The second-order valence-corrected chi connectivity index (χ2v) is 7.23. The maximum Gasteiger partial charge on any atom is 0.266 e. The van der Waals surface area contributed by atoms with Gasteiger partial charge in [0.05, 0.1) is 11.7 Å². The van der Waals surface area contributed by atoms with Crippen molar-refractivity contribution in [2.45, 2.75) is 31.4 Å². The summed E-state index contributed by atoms with van der Waals surface area (Å²) < 4.78 is 5.69. The zero-order chi connectivity index (χ0) is 15.5. The predicted molar refractivity (Wildman–Crippen MR) is 87.8 cm³/mol. The number of hydrogen-bond acceptors (Lipinski definition) is 4. The topological polar surface area (TPSA) is 62.4 Å². The van der Waals surface area contributed by atoms with Crippen molar-refractivity contribution in [2.75, 3.05) is 24.7 Å². The van der Waals surface area contributed by atoms with Gasteiger partial charge in [0.1, 0.15) is 5.02 Å². The Hall–Kier alpha value is -0.980. The van der Waals surface area contributed by atoms with Crippen LogP contribution in [0.2, 0.25) is 5.02 Å². The molecule has 2 fully saturated rings. The first-order valence-corrected chi connectivity index (χ1v) is 9.07. The molecule has 2 aliphatic rings. The summed E-state index contributed by atoms with van der Waals surface area (Å²) >= 11 is 7.72. The smallest absolute Gasteiger partial charge is 0.266 e. The normalized spacial score (nSPS) is 24.6. The molecule has 7 heteroatoms. The Balaban J connectivity index is 1.81. The molecule has 3 rings (SSSR count). The van der Waals surface area contributed by atoms with E-state index in [-0.39, 0.29) is 28.6 Å². The van der Waals surface area contributed by atoms with Gasteiger partial charge < -0.3 is 14.6 Å². The van der Waals surface area contributed by atoms with Crippen LogP contribution in [0.4, 0.5) is 0 Å². The van der Waals surface area contributed by atoms with Crippen molar-refractivity contribution >= 4 is 29.3 Å². The molecule has 3 heterocycles. The molecule has 1 amide bonds. The van der Waals surface area contributed by atoms with E-state index in [2.05, 4.69) is 4.98 Å². The lowest BCUT2D eigenvalue weighted by atomic mass is 10.1. The second-order valence-electron chi connectivity index (χ2n) is 5.68. The number of thioether (sulfide) groups is 1. The van der Waals surface area contributed by atoms with Gasteiger partial charge in [-0.05, 0) is 31.1 Å². The molecule has 2 aliphatic heterocycles. The second kappa shape index (κ2) is 7.06. The third-order valence-electron chi connectivity index (χ3n) is 4.14. The van der Waals surface area contributed by atoms with Crippen LogP contribution in [0.5, 0.6) is 0 Å². The fourth-order valence-corrected chi connectivity index (χ4v) is 4.31. The van der Waals surface area contributed by atoms with Gasteiger partial charge in [-0.3, -0.25) is 9.59 Å². The number of pyridine rings is 1. The molecule has 0 spiro atoms. The molecule has 2 saturated heterocycles. The van der Waals surface area contributed by atoms with E-state index in [0.29, 0.717) is 12.1 Å². The van der Waals surface area contributed by atoms with Gasteiger partial charge in [0.15, 0.2) is 0 Å². The zero-order valence-electron chi connectivity index (χ0n) is 12.2. The van der Waals surface area contributed by atoms with Crippen molar-refractivity contribution in [1.82, 2.24) is 9.88 Å². The lowest BCUT2D eigenvalue weighted by molar-refractivity contribution is 0.0441. The Labute approximate surface area is 138 Å².